The Morgan fingerprint density at radius 1 is 0.853 bits per heavy atom. The van der Waals surface area contributed by atoms with Crippen LogP contribution in [-0.2, 0) is 38.0 Å². The van der Waals surface area contributed by atoms with Crippen LogP contribution in [0.2, 0.25) is 0 Å². The third kappa shape index (κ3) is 4.21. The molecule has 5 unspecified atom stereocenters. The first-order chi connectivity index (χ1) is 15.9. The molecule has 0 saturated carbocycles. The lowest BCUT2D eigenvalue weighted by atomic mass is 9.99. The normalized spacial score (nSPS) is 31.9. The van der Waals surface area contributed by atoms with Crippen molar-refractivity contribution in [2.45, 2.75) is 74.9 Å². The van der Waals surface area contributed by atoms with E-state index >= 15 is 0 Å². The maximum absolute atomic E-state index is 13.3. The van der Waals surface area contributed by atoms with Crippen LogP contribution in [0.1, 0.15) is 27.7 Å². The zero-order valence-corrected chi connectivity index (χ0v) is 21.0. The van der Waals surface area contributed by atoms with Gasteiger partial charge in [0.25, 0.3) is 10.1 Å². The fraction of sp³-hybridized carbons (Fsp3) is 0.583. The molecule has 0 aliphatic carbocycles. The lowest BCUT2D eigenvalue weighted by Gasteiger charge is -2.36. The van der Waals surface area contributed by atoms with E-state index in [0.29, 0.717) is 5.39 Å². The van der Waals surface area contributed by atoms with Gasteiger partial charge < -0.3 is 28.6 Å². The van der Waals surface area contributed by atoms with Gasteiger partial charge in [-0.2, -0.15) is 8.42 Å². The maximum atomic E-state index is 13.3. The zero-order chi connectivity index (χ0) is 24.5. The molecule has 0 amide bonds. The first-order valence-corrected chi connectivity index (χ1v) is 12.7. The molecule has 186 valence electrons. The smallest absolute Gasteiger partial charge is 0.297 e. The Morgan fingerprint density at radius 2 is 1.47 bits per heavy atom. The van der Waals surface area contributed by atoms with E-state index in [-0.39, 0.29) is 11.5 Å². The quantitative estimate of drug-likeness (QED) is 0.583. The second kappa shape index (κ2) is 8.12. The van der Waals surface area contributed by atoms with Crippen molar-refractivity contribution in [1.82, 2.24) is 0 Å². The Labute approximate surface area is 199 Å². The van der Waals surface area contributed by atoms with Gasteiger partial charge in [0.1, 0.15) is 29.3 Å². The van der Waals surface area contributed by atoms with Gasteiger partial charge in [-0.15, -0.1) is 0 Å². The lowest BCUT2D eigenvalue weighted by molar-refractivity contribution is -0.238. The van der Waals surface area contributed by atoms with Crippen LogP contribution in [-0.4, -0.2) is 71.4 Å². The Balaban J connectivity index is 1.41. The number of rotatable bonds is 5. The molecule has 9 nitrogen and oxygen atoms in total. The Morgan fingerprint density at radius 3 is 2.21 bits per heavy atom. The predicted molar refractivity (Wildman–Crippen MR) is 124 cm³/mol. The van der Waals surface area contributed by atoms with E-state index in [1.807, 2.05) is 37.2 Å². The fourth-order valence-electron chi connectivity index (χ4n) is 4.92. The van der Waals surface area contributed by atoms with Crippen molar-refractivity contribution in [1.29, 1.82) is 0 Å². The van der Waals surface area contributed by atoms with E-state index in [0.717, 1.165) is 11.1 Å². The summed E-state index contributed by atoms with van der Waals surface area (Å²) >= 11 is 0. The van der Waals surface area contributed by atoms with Crippen LogP contribution in [0.3, 0.4) is 0 Å². The highest BCUT2D eigenvalue weighted by atomic mass is 32.2. The summed E-state index contributed by atoms with van der Waals surface area (Å²) in [7, 11) is -0.269. The van der Waals surface area contributed by atoms with Gasteiger partial charge in [-0.1, -0.05) is 24.3 Å². The molecule has 10 heteroatoms. The number of hydrogen-bond acceptors (Lipinski definition) is 9. The minimum Gasteiger partial charge on any atom is -0.377 e. The van der Waals surface area contributed by atoms with Crippen molar-refractivity contribution in [2.75, 3.05) is 25.6 Å². The highest BCUT2D eigenvalue weighted by Gasteiger charge is 2.60. The van der Waals surface area contributed by atoms with Crippen molar-refractivity contribution in [3.05, 3.63) is 36.4 Å². The van der Waals surface area contributed by atoms with Crippen molar-refractivity contribution in [2.24, 2.45) is 0 Å². The van der Waals surface area contributed by atoms with Gasteiger partial charge in [-0.25, -0.2) is 0 Å². The monoisotopic (exact) mass is 493 g/mol. The van der Waals surface area contributed by atoms with Gasteiger partial charge >= 0.3 is 0 Å². The number of fused-ring (bicyclic) bond motifs is 4. The lowest BCUT2D eigenvalue weighted by Crippen LogP contribution is -2.56. The van der Waals surface area contributed by atoms with Crippen molar-refractivity contribution in [3.8, 4) is 0 Å². The summed E-state index contributed by atoms with van der Waals surface area (Å²) in [6.45, 7) is 6.94. The zero-order valence-electron chi connectivity index (χ0n) is 20.2. The molecule has 3 fully saturated rings. The summed E-state index contributed by atoms with van der Waals surface area (Å²) in [5, 5.41) is 1.41. The summed E-state index contributed by atoms with van der Waals surface area (Å²) in [4.78, 5) is 2.04. The Hall–Kier alpha value is -1.79. The van der Waals surface area contributed by atoms with Crippen LogP contribution in [0.4, 0.5) is 5.69 Å². The molecule has 2 aromatic carbocycles. The van der Waals surface area contributed by atoms with Crippen LogP contribution in [0.15, 0.2) is 41.3 Å². The molecule has 5 atom stereocenters. The Kier molecular flexibility index (Phi) is 5.72. The van der Waals surface area contributed by atoms with E-state index in [2.05, 4.69) is 0 Å². The van der Waals surface area contributed by atoms with Crippen LogP contribution >= 0.6 is 0 Å². The average Bonchev–Trinajstić information content (AvgIpc) is 3.24. The highest BCUT2D eigenvalue weighted by Crippen LogP contribution is 2.44. The fourth-order valence-corrected chi connectivity index (χ4v) is 6.05. The SMILES string of the molecule is CN(C)c1cccc2c(S(=O)(=O)OCC3OC4OC(C)(C)OC4C4OC(C)(C)OC34)cccc12. The number of benzene rings is 2. The van der Waals surface area contributed by atoms with E-state index in [1.54, 1.807) is 45.9 Å². The van der Waals surface area contributed by atoms with Gasteiger partial charge in [0, 0.05) is 30.6 Å². The predicted octanol–water partition coefficient (Wildman–Crippen LogP) is 3.01. The minimum absolute atomic E-state index is 0.101. The topological polar surface area (TPSA) is 92.8 Å². The Bertz CT molecular complexity index is 1190. The molecular weight excluding hydrogens is 462 g/mol. The van der Waals surface area contributed by atoms with Crippen LogP contribution in [0.5, 0.6) is 0 Å². The number of hydrogen-bond donors (Lipinski definition) is 0. The third-order valence-electron chi connectivity index (χ3n) is 6.25. The molecule has 0 bridgehead atoms. The molecule has 0 aromatic heterocycles. The standard InChI is InChI=1S/C24H31NO8S/c1-23(2)30-19-17(29-22-21(20(19)31-23)32-24(3,4)33-22)13-28-34(26,27)18-12-8-9-14-15(18)10-7-11-16(14)25(5)6/h7-12,17,19-22H,13H2,1-6H3. The third-order valence-corrected chi connectivity index (χ3v) is 7.59. The van der Waals surface area contributed by atoms with Crippen molar-refractivity contribution in [3.63, 3.8) is 0 Å². The summed E-state index contributed by atoms with van der Waals surface area (Å²) in [5.41, 5.74) is 0.916. The minimum atomic E-state index is -4.10. The van der Waals surface area contributed by atoms with E-state index < -0.39 is 52.4 Å². The first-order valence-electron chi connectivity index (χ1n) is 11.3. The second-order valence-corrected chi connectivity index (χ2v) is 11.6. The molecule has 3 aliphatic heterocycles. The van der Waals surface area contributed by atoms with Crippen LogP contribution in [0.25, 0.3) is 10.8 Å². The van der Waals surface area contributed by atoms with E-state index in [1.165, 1.54) is 0 Å². The maximum Gasteiger partial charge on any atom is 0.297 e. The summed E-state index contributed by atoms with van der Waals surface area (Å²) in [6, 6.07) is 10.7. The van der Waals surface area contributed by atoms with Gasteiger partial charge in [-0.3, -0.25) is 4.18 Å². The van der Waals surface area contributed by atoms with Crippen LogP contribution < -0.4 is 4.90 Å². The highest BCUT2D eigenvalue weighted by molar-refractivity contribution is 7.87. The molecule has 3 saturated heterocycles. The molecule has 3 heterocycles. The molecule has 0 N–H and O–H groups in total. The van der Waals surface area contributed by atoms with Crippen LogP contribution in [0, 0.1) is 0 Å². The van der Waals surface area contributed by atoms with E-state index in [9.17, 15) is 8.42 Å². The number of ether oxygens (including phenoxy) is 5. The molecule has 5 rings (SSSR count). The molecule has 34 heavy (non-hydrogen) atoms. The largest absolute Gasteiger partial charge is 0.377 e. The average molecular weight is 494 g/mol. The summed E-state index contributed by atoms with van der Waals surface area (Å²) < 4.78 is 62.2. The van der Waals surface area contributed by atoms with Gasteiger partial charge in [0.05, 0.1) is 6.61 Å². The van der Waals surface area contributed by atoms with Gasteiger partial charge in [-0.05, 0) is 39.8 Å². The molecular formula is C24H31NO8S. The molecule has 0 spiro atoms. The molecule has 2 aromatic rings. The summed E-state index contributed by atoms with van der Waals surface area (Å²) in [5.74, 6) is -1.73. The second-order valence-electron chi connectivity index (χ2n) is 9.97. The van der Waals surface area contributed by atoms with Crippen molar-refractivity contribution < 1.29 is 36.3 Å². The molecule has 0 radical (unpaired) electrons. The van der Waals surface area contributed by atoms with Gasteiger partial charge in [0.2, 0.25) is 0 Å². The molecule has 3 aliphatic rings. The first kappa shape index (κ1) is 23.9. The van der Waals surface area contributed by atoms with Crippen molar-refractivity contribution >= 4 is 26.6 Å². The van der Waals surface area contributed by atoms with E-state index in [4.69, 9.17) is 27.9 Å². The number of anilines is 1. The summed E-state index contributed by atoms with van der Waals surface area (Å²) in [6.07, 6.45) is -2.99. The van der Waals surface area contributed by atoms with Gasteiger partial charge in [0.15, 0.2) is 17.9 Å². The number of nitrogens with zero attached hydrogens (tertiary/aromatic N) is 1.